The van der Waals surface area contributed by atoms with Gasteiger partial charge < -0.3 is 15.3 Å². The van der Waals surface area contributed by atoms with Gasteiger partial charge in [-0.15, -0.1) is 0 Å². The van der Waals surface area contributed by atoms with Crippen LogP contribution in [-0.4, -0.2) is 53.6 Å². The third-order valence-corrected chi connectivity index (χ3v) is 3.53. The van der Waals surface area contributed by atoms with Gasteiger partial charge in [0.2, 0.25) is 0 Å². The summed E-state index contributed by atoms with van der Waals surface area (Å²) in [5, 5.41) is 11.5. The normalized spacial score (nSPS) is 19.4. The smallest absolute Gasteiger partial charge is 0.317 e. The van der Waals surface area contributed by atoms with Gasteiger partial charge in [-0.1, -0.05) is 0 Å². The number of urea groups is 1. The number of amides is 2. The van der Waals surface area contributed by atoms with Gasteiger partial charge in [0.25, 0.3) is 0 Å². The van der Waals surface area contributed by atoms with Crippen LogP contribution in [-0.2, 0) is 4.79 Å². The van der Waals surface area contributed by atoms with Crippen molar-refractivity contribution in [1.82, 2.24) is 10.2 Å². The van der Waals surface area contributed by atoms with Gasteiger partial charge in [0, 0.05) is 31.8 Å². The zero-order valence-electron chi connectivity index (χ0n) is 10.1. The average molecular weight is 260 g/mol. The molecule has 0 aliphatic carbocycles. The lowest BCUT2D eigenvalue weighted by atomic mass is 10.0. The Labute approximate surface area is 106 Å². The van der Waals surface area contributed by atoms with Crippen LogP contribution in [0.5, 0.6) is 0 Å². The van der Waals surface area contributed by atoms with Crippen LogP contribution >= 0.6 is 11.8 Å². The highest BCUT2D eigenvalue weighted by atomic mass is 32.2. The molecule has 0 aromatic rings. The number of carbonyl (C=O) groups excluding carboxylic acids is 1. The molecule has 2 N–H and O–H groups in total. The van der Waals surface area contributed by atoms with E-state index in [9.17, 15) is 9.59 Å². The molecule has 1 aliphatic rings. The molecule has 1 aliphatic heterocycles. The Morgan fingerprint density at radius 1 is 1.53 bits per heavy atom. The Morgan fingerprint density at radius 3 is 2.94 bits per heavy atom. The van der Waals surface area contributed by atoms with Gasteiger partial charge in [-0.25, -0.2) is 4.79 Å². The van der Waals surface area contributed by atoms with Gasteiger partial charge in [0.1, 0.15) is 0 Å². The number of rotatable bonds is 6. The molecule has 0 aromatic heterocycles. The first kappa shape index (κ1) is 14.2. The van der Waals surface area contributed by atoms with E-state index in [1.807, 2.05) is 6.26 Å². The maximum absolute atomic E-state index is 11.7. The molecule has 98 valence electrons. The third kappa shape index (κ3) is 5.30. The zero-order chi connectivity index (χ0) is 12.7. The van der Waals surface area contributed by atoms with Gasteiger partial charge in [-0.05, 0) is 25.0 Å². The van der Waals surface area contributed by atoms with E-state index in [0.29, 0.717) is 25.4 Å². The predicted molar refractivity (Wildman–Crippen MR) is 68.3 cm³/mol. The minimum atomic E-state index is -0.757. The Hall–Kier alpha value is -0.910. The van der Waals surface area contributed by atoms with Crippen LogP contribution in [0.2, 0.25) is 0 Å². The average Bonchev–Trinajstić information content (AvgIpc) is 2.75. The molecule has 0 aromatic carbocycles. The number of nitrogens with zero attached hydrogens (tertiary/aromatic N) is 1. The van der Waals surface area contributed by atoms with Crippen molar-refractivity contribution in [3.63, 3.8) is 0 Å². The maximum atomic E-state index is 11.7. The molecule has 5 nitrogen and oxygen atoms in total. The second-order valence-electron chi connectivity index (χ2n) is 4.26. The summed E-state index contributed by atoms with van der Waals surface area (Å²) in [5.41, 5.74) is 0. The second kappa shape index (κ2) is 7.42. The number of likely N-dealkylation sites (tertiary alicyclic amines) is 1. The SMILES string of the molecule is CSCCNC(=O)N1CCC(CCC(=O)O)C1. The fourth-order valence-corrected chi connectivity index (χ4v) is 2.26. The first-order chi connectivity index (χ1) is 8.13. The number of carboxylic acids is 1. The van der Waals surface area contributed by atoms with E-state index in [-0.39, 0.29) is 12.5 Å². The zero-order valence-corrected chi connectivity index (χ0v) is 11.0. The fourth-order valence-electron chi connectivity index (χ4n) is 1.95. The van der Waals surface area contributed by atoms with Crippen LogP contribution < -0.4 is 5.32 Å². The molecule has 0 bridgehead atoms. The molecule has 1 atom stereocenters. The minimum absolute atomic E-state index is 0.0168. The molecule has 1 fully saturated rings. The molecule has 1 heterocycles. The molecule has 17 heavy (non-hydrogen) atoms. The molecule has 2 amide bonds. The van der Waals surface area contributed by atoms with Crippen LogP contribution in [0.4, 0.5) is 4.79 Å². The van der Waals surface area contributed by atoms with Crippen molar-refractivity contribution in [2.75, 3.05) is 31.6 Å². The molecule has 6 heteroatoms. The summed E-state index contributed by atoms with van der Waals surface area (Å²) in [7, 11) is 0. The van der Waals surface area contributed by atoms with Gasteiger partial charge in [0.15, 0.2) is 0 Å². The largest absolute Gasteiger partial charge is 0.481 e. The highest BCUT2D eigenvalue weighted by Crippen LogP contribution is 2.20. The summed E-state index contributed by atoms with van der Waals surface area (Å²) in [6.07, 6.45) is 3.80. The fraction of sp³-hybridized carbons (Fsp3) is 0.818. The number of nitrogens with one attached hydrogen (secondary N) is 1. The lowest BCUT2D eigenvalue weighted by molar-refractivity contribution is -0.137. The van der Waals surface area contributed by atoms with E-state index in [0.717, 1.165) is 18.7 Å². The monoisotopic (exact) mass is 260 g/mol. The van der Waals surface area contributed by atoms with Crippen LogP contribution in [0, 0.1) is 5.92 Å². The topological polar surface area (TPSA) is 69.6 Å². The quantitative estimate of drug-likeness (QED) is 0.705. The standard InChI is InChI=1S/C11H20N2O3S/c1-17-7-5-12-11(16)13-6-4-9(8-13)2-3-10(14)15/h9H,2-8H2,1H3,(H,12,16)(H,14,15). The molecular weight excluding hydrogens is 240 g/mol. The Kier molecular flexibility index (Phi) is 6.18. The highest BCUT2D eigenvalue weighted by molar-refractivity contribution is 7.98. The molecule has 0 radical (unpaired) electrons. The van der Waals surface area contributed by atoms with E-state index >= 15 is 0 Å². The first-order valence-corrected chi connectivity index (χ1v) is 7.26. The van der Waals surface area contributed by atoms with Crippen LogP contribution in [0.1, 0.15) is 19.3 Å². The van der Waals surface area contributed by atoms with Crippen molar-refractivity contribution < 1.29 is 14.7 Å². The van der Waals surface area contributed by atoms with E-state index in [1.54, 1.807) is 16.7 Å². The predicted octanol–water partition coefficient (Wildman–Crippen LogP) is 1.25. The molecule has 0 saturated carbocycles. The van der Waals surface area contributed by atoms with Crippen molar-refractivity contribution in [3.05, 3.63) is 0 Å². The van der Waals surface area contributed by atoms with Crippen molar-refractivity contribution in [2.45, 2.75) is 19.3 Å². The van der Waals surface area contributed by atoms with Crippen LogP contribution in [0.15, 0.2) is 0 Å². The van der Waals surface area contributed by atoms with Crippen molar-refractivity contribution >= 4 is 23.8 Å². The van der Waals surface area contributed by atoms with Gasteiger partial charge in [-0.3, -0.25) is 4.79 Å². The highest BCUT2D eigenvalue weighted by Gasteiger charge is 2.26. The molecule has 1 unspecified atom stereocenters. The molecule has 0 spiro atoms. The van der Waals surface area contributed by atoms with Gasteiger partial charge in [-0.2, -0.15) is 11.8 Å². The Morgan fingerprint density at radius 2 is 2.29 bits per heavy atom. The number of aliphatic carboxylic acids is 1. The summed E-state index contributed by atoms with van der Waals surface area (Å²) in [6.45, 7) is 2.13. The summed E-state index contributed by atoms with van der Waals surface area (Å²) in [5.74, 6) is 0.507. The Bertz CT molecular complexity index is 273. The van der Waals surface area contributed by atoms with Crippen molar-refractivity contribution in [3.8, 4) is 0 Å². The van der Waals surface area contributed by atoms with E-state index in [1.165, 1.54) is 0 Å². The number of carbonyl (C=O) groups is 2. The summed E-state index contributed by atoms with van der Waals surface area (Å²) < 4.78 is 0. The Balaban J connectivity index is 2.20. The van der Waals surface area contributed by atoms with Crippen molar-refractivity contribution in [1.29, 1.82) is 0 Å². The molecule has 1 saturated heterocycles. The van der Waals surface area contributed by atoms with E-state index in [4.69, 9.17) is 5.11 Å². The number of hydrogen-bond acceptors (Lipinski definition) is 3. The van der Waals surface area contributed by atoms with Crippen LogP contribution in [0.25, 0.3) is 0 Å². The molecular formula is C11H20N2O3S. The first-order valence-electron chi connectivity index (χ1n) is 5.87. The van der Waals surface area contributed by atoms with Crippen LogP contribution in [0.3, 0.4) is 0 Å². The van der Waals surface area contributed by atoms with Crippen molar-refractivity contribution in [2.24, 2.45) is 5.92 Å². The second-order valence-corrected chi connectivity index (χ2v) is 5.24. The minimum Gasteiger partial charge on any atom is -0.481 e. The maximum Gasteiger partial charge on any atom is 0.317 e. The number of thioether (sulfide) groups is 1. The summed E-state index contributed by atoms with van der Waals surface area (Å²) >= 11 is 1.70. The number of hydrogen-bond donors (Lipinski definition) is 2. The lowest BCUT2D eigenvalue weighted by Gasteiger charge is -2.17. The third-order valence-electron chi connectivity index (χ3n) is 2.92. The van der Waals surface area contributed by atoms with E-state index < -0.39 is 5.97 Å². The number of carboxylic acid groups (broad SMARTS) is 1. The van der Waals surface area contributed by atoms with Gasteiger partial charge >= 0.3 is 12.0 Å². The molecule has 1 rings (SSSR count). The lowest BCUT2D eigenvalue weighted by Crippen LogP contribution is -2.39. The summed E-state index contributed by atoms with van der Waals surface area (Å²) in [6, 6.07) is -0.0168. The summed E-state index contributed by atoms with van der Waals surface area (Å²) in [4.78, 5) is 23.9. The van der Waals surface area contributed by atoms with Gasteiger partial charge in [0.05, 0.1) is 0 Å². The van der Waals surface area contributed by atoms with E-state index in [2.05, 4.69) is 5.32 Å².